The smallest absolute Gasteiger partial charge is 0.289 e. The third kappa shape index (κ3) is 2.71. The molecule has 0 aliphatic heterocycles. The first kappa shape index (κ1) is 12.2. The van der Waals surface area contributed by atoms with Crippen LogP contribution in [-0.4, -0.2) is 23.9 Å². The summed E-state index contributed by atoms with van der Waals surface area (Å²) in [5, 5.41) is 0. The number of carbonyl (C=O) groups is 1. The Morgan fingerprint density at radius 1 is 1.29 bits per heavy atom. The van der Waals surface area contributed by atoms with Crippen molar-refractivity contribution in [3.63, 3.8) is 0 Å². The summed E-state index contributed by atoms with van der Waals surface area (Å²) in [5.74, 6) is 0.524. The van der Waals surface area contributed by atoms with Crippen LogP contribution in [0.4, 0.5) is 0 Å². The normalized spacial score (nSPS) is 17.8. The Kier molecular flexibility index (Phi) is 3.87. The Balaban J connectivity index is 2.06. The fourth-order valence-corrected chi connectivity index (χ4v) is 2.56. The minimum Gasteiger partial charge on any atom is -0.459 e. The highest BCUT2D eigenvalue weighted by Gasteiger charge is 2.24. The average molecular weight is 235 g/mol. The first-order valence-corrected chi connectivity index (χ1v) is 6.51. The van der Waals surface area contributed by atoms with Crippen LogP contribution in [0.25, 0.3) is 0 Å². The van der Waals surface area contributed by atoms with Crippen LogP contribution < -0.4 is 0 Å². The van der Waals surface area contributed by atoms with E-state index < -0.39 is 0 Å². The van der Waals surface area contributed by atoms with Gasteiger partial charge in [0.2, 0.25) is 0 Å². The molecule has 94 valence electrons. The second-order valence-corrected chi connectivity index (χ2v) is 4.99. The number of hydrogen-bond donors (Lipinski definition) is 0. The molecule has 3 nitrogen and oxygen atoms in total. The van der Waals surface area contributed by atoms with Crippen molar-refractivity contribution < 1.29 is 9.21 Å². The molecular formula is C14H21NO2. The van der Waals surface area contributed by atoms with Gasteiger partial charge in [-0.25, -0.2) is 0 Å². The van der Waals surface area contributed by atoms with Crippen molar-refractivity contribution in [2.24, 2.45) is 0 Å². The first-order chi connectivity index (χ1) is 8.20. The third-order valence-corrected chi connectivity index (χ3v) is 3.75. The summed E-state index contributed by atoms with van der Waals surface area (Å²) in [4.78, 5) is 14.1. The molecule has 0 radical (unpaired) electrons. The van der Waals surface area contributed by atoms with E-state index in [0.717, 1.165) is 18.4 Å². The monoisotopic (exact) mass is 235 g/mol. The van der Waals surface area contributed by atoms with Gasteiger partial charge in [-0.1, -0.05) is 25.7 Å². The highest BCUT2D eigenvalue weighted by Crippen LogP contribution is 2.23. The lowest BCUT2D eigenvalue weighted by Gasteiger charge is -2.26. The fourth-order valence-electron chi connectivity index (χ4n) is 2.56. The highest BCUT2D eigenvalue weighted by molar-refractivity contribution is 5.92. The Labute approximate surface area is 103 Å². The van der Waals surface area contributed by atoms with Gasteiger partial charge in [0.05, 0.1) is 6.26 Å². The zero-order chi connectivity index (χ0) is 12.3. The SMILES string of the molecule is Cc1ccoc1C(=O)N(C)C1CCCCCC1. The van der Waals surface area contributed by atoms with Gasteiger partial charge in [-0.2, -0.15) is 0 Å². The number of amides is 1. The summed E-state index contributed by atoms with van der Waals surface area (Å²) in [6.45, 7) is 1.91. The second kappa shape index (κ2) is 5.39. The van der Waals surface area contributed by atoms with Crippen LogP contribution in [0.3, 0.4) is 0 Å². The molecule has 0 N–H and O–H groups in total. The van der Waals surface area contributed by atoms with Gasteiger partial charge in [-0.05, 0) is 25.8 Å². The van der Waals surface area contributed by atoms with Gasteiger partial charge in [-0.15, -0.1) is 0 Å². The summed E-state index contributed by atoms with van der Waals surface area (Å²) >= 11 is 0. The van der Waals surface area contributed by atoms with E-state index in [4.69, 9.17) is 4.42 Å². The molecule has 3 heteroatoms. The molecule has 1 aromatic heterocycles. The minimum absolute atomic E-state index is 0.0272. The second-order valence-electron chi connectivity index (χ2n) is 4.99. The van der Waals surface area contributed by atoms with Crippen LogP contribution in [0, 0.1) is 6.92 Å². The number of rotatable bonds is 2. The quantitative estimate of drug-likeness (QED) is 0.736. The Hall–Kier alpha value is -1.25. The maximum atomic E-state index is 12.3. The summed E-state index contributed by atoms with van der Waals surface area (Å²) in [7, 11) is 1.90. The van der Waals surface area contributed by atoms with Gasteiger partial charge in [0.1, 0.15) is 0 Å². The Bertz CT molecular complexity index is 375. The number of furan rings is 1. The molecule has 1 aliphatic rings. The van der Waals surface area contributed by atoms with Crippen molar-refractivity contribution in [1.82, 2.24) is 4.90 Å². The van der Waals surface area contributed by atoms with E-state index in [1.165, 1.54) is 25.7 Å². The lowest BCUT2D eigenvalue weighted by atomic mass is 10.1. The van der Waals surface area contributed by atoms with Crippen molar-refractivity contribution >= 4 is 5.91 Å². The lowest BCUT2D eigenvalue weighted by molar-refractivity contribution is 0.0684. The molecule has 1 amide bonds. The van der Waals surface area contributed by atoms with Crippen LogP contribution in [0.5, 0.6) is 0 Å². The summed E-state index contributed by atoms with van der Waals surface area (Å²) in [6.07, 6.45) is 8.92. The van der Waals surface area contributed by atoms with Gasteiger partial charge in [0.15, 0.2) is 5.76 Å². The van der Waals surface area contributed by atoms with Crippen LogP contribution in [0.15, 0.2) is 16.7 Å². The Morgan fingerprint density at radius 2 is 1.94 bits per heavy atom. The van der Waals surface area contributed by atoms with Gasteiger partial charge in [0.25, 0.3) is 5.91 Å². The molecule has 0 saturated heterocycles. The van der Waals surface area contributed by atoms with Crippen LogP contribution in [0.1, 0.15) is 54.6 Å². The molecule has 1 aromatic rings. The van der Waals surface area contributed by atoms with E-state index in [-0.39, 0.29) is 5.91 Å². The number of hydrogen-bond acceptors (Lipinski definition) is 2. The molecule has 0 unspecified atom stereocenters. The van der Waals surface area contributed by atoms with E-state index >= 15 is 0 Å². The predicted molar refractivity (Wildman–Crippen MR) is 67.0 cm³/mol. The zero-order valence-electron chi connectivity index (χ0n) is 10.7. The number of nitrogens with zero attached hydrogens (tertiary/aromatic N) is 1. The zero-order valence-corrected chi connectivity index (χ0v) is 10.7. The first-order valence-electron chi connectivity index (χ1n) is 6.51. The minimum atomic E-state index is 0.0272. The van der Waals surface area contributed by atoms with Crippen molar-refractivity contribution in [2.45, 2.75) is 51.5 Å². The van der Waals surface area contributed by atoms with Crippen molar-refractivity contribution in [1.29, 1.82) is 0 Å². The topological polar surface area (TPSA) is 33.5 Å². The molecule has 1 heterocycles. The molecule has 2 rings (SSSR count). The maximum Gasteiger partial charge on any atom is 0.289 e. The van der Waals surface area contributed by atoms with Gasteiger partial charge in [0, 0.05) is 18.7 Å². The third-order valence-electron chi connectivity index (χ3n) is 3.75. The molecule has 0 spiro atoms. The Morgan fingerprint density at radius 3 is 2.47 bits per heavy atom. The van der Waals surface area contributed by atoms with E-state index in [1.54, 1.807) is 6.26 Å². The van der Waals surface area contributed by atoms with Crippen LogP contribution in [0.2, 0.25) is 0 Å². The van der Waals surface area contributed by atoms with Crippen LogP contribution >= 0.6 is 0 Å². The lowest BCUT2D eigenvalue weighted by Crippen LogP contribution is -2.36. The van der Waals surface area contributed by atoms with Crippen molar-refractivity contribution in [3.8, 4) is 0 Å². The van der Waals surface area contributed by atoms with Crippen molar-refractivity contribution in [3.05, 3.63) is 23.7 Å². The van der Waals surface area contributed by atoms with E-state index in [2.05, 4.69) is 0 Å². The van der Waals surface area contributed by atoms with Gasteiger partial charge < -0.3 is 9.32 Å². The fraction of sp³-hybridized carbons (Fsp3) is 0.643. The van der Waals surface area contributed by atoms with Crippen molar-refractivity contribution in [2.75, 3.05) is 7.05 Å². The van der Waals surface area contributed by atoms with Gasteiger partial charge in [-0.3, -0.25) is 4.79 Å². The maximum absolute atomic E-state index is 12.3. The summed E-state index contributed by atoms with van der Waals surface area (Å²) in [6, 6.07) is 2.23. The van der Waals surface area contributed by atoms with E-state index in [0.29, 0.717) is 11.8 Å². The average Bonchev–Trinajstić information content (AvgIpc) is 2.60. The molecule has 17 heavy (non-hydrogen) atoms. The predicted octanol–water partition coefficient (Wildman–Crippen LogP) is 3.38. The highest BCUT2D eigenvalue weighted by atomic mass is 16.3. The molecule has 1 saturated carbocycles. The van der Waals surface area contributed by atoms with Crippen LogP contribution in [-0.2, 0) is 0 Å². The number of aryl methyl sites for hydroxylation is 1. The molecule has 1 aliphatic carbocycles. The summed E-state index contributed by atoms with van der Waals surface area (Å²) < 4.78 is 5.28. The summed E-state index contributed by atoms with van der Waals surface area (Å²) in [5.41, 5.74) is 0.926. The van der Waals surface area contributed by atoms with Gasteiger partial charge >= 0.3 is 0 Å². The molecule has 1 fully saturated rings. The van der Waals surface area contributed by atoms with E-state index in [9.17, 15) is 4.79 Å². The molecular weight excluding hydrogens is 214 g/mol. The largest absolute Gasteiger partial charge is 0.459 e. The van der Waals surface area contributed by atoms with E-state index in [1.807, 2.05) is 24.9 Å². The molecule has 0 aromatic carbocycles. The number of carbonyl (C=O) groups excluding carboxylic acids is 1. The standard InChI is InChI=1S/C14H21NO2/c1-11-9-10-17-13(11)14(16)15(2)12-7-5-3-4-6-8-12/h9-10,12H,3-8H2,1-2H3. The molecule has 0 atom stereocenters. The molecule has 0 bridgehead atoms.